The number of nitrogens with one attached hydrogen (secondary N) is 1. The smallest absolute Gasteiger partial charge is 0.234 e. The van der Waals surface area contributed by atoms with E-state index in [0.29, 0.717) is 12.0 Å². The Morgan fingerprint density at radius 3 is 2.83 bits per heavy atom. The summed E-state index contributed by atoms with van der Waals surface area (Å²) in [6, 6.07) is 8.87. The molecule has 2 heterocycles. The van der Waals surface area contributed by atoms with Gasteiger partial charge in [-0.3, -0.25) is 14.6 Å². The maximum atomic E-state index is 11.8. The second-order valence-corrected chi connectivity index (χ2v) is 7.72. The third kappa shape index (κ3) is 4.37. The van der Waals surface area contributed by atoms with E-state index in [4.69, 9.17) is 0 Å². The predicted octanol–water partition coefficient (Wildman–Crippen LogP) is 2.42. The van der Waals surface area contributed by atoms with Crippen molar-refractivity contribution in [3.8, 4) is 0 Å². The first-order valence-corrected chi connectivity index (χ1v) is 9.35. The normalized spacial score (nSPS) is 25.2. The van der Waals surface area contributed by atoms with Crippen molar-refractivity contribution in [1.29, 1.82) is 0 Å². The van der Waals surface area contributed by atoms with Gasteiger partial charge in [-0.1, -0.05) is 29.8 Å². The van der Waals surface area contributed by atoms with Crippen LogP contribution in [0.15, 0.2) is 24.3 Å². The van der Waals surface area contributed by atoms with E-state index >= 15 is 0 Å². The van der Waals surface area contributed by atoms with Gasteiger partial charge in [0, 0.05) is 26.2 Å². The maximum Gasteiger partial charge on any atom is 0.234 e. The number of carbonyl (C=O) groups excluding carboxylic acids is 1. The quantitative estimate of drug-likeness (QED) is 0.901. The molecule has 132 valence electrons. The topological polar surface area (TPSA) is 35.6 Å². The van der Waals surface area contributed by atoms with E-state index in [2.05, 4.69) is 46.3 Å². The van der Waals surface area contributed by atoms with Crippen molar-refractivity contribution in [2.75, 3.05) is 39.3 Å². The summed E-state index contributed by atoms with van der Waals surface area (Å²) < 4.78 is 0. The number of piperidine rings is 1. The molecule has 2 saturated heterocycles. The van der Waals surface area contributed by atoms with Crippen molar-refractivity contribution < 1.29 is 4.79 Å². The highest BCUT2D eigenvalue weighted by molar-refractivity contribution is 5.77. The lowest BCUT2D eigenvalue weighted by Crippen LogP contribution is -2.45. The van der Waals surface area contributed by atoms with E-state index in [9.17, 15) is 4.79 Å². The fourth-order valence-electron chi connectivity index (χ4n) is 4.47. The molecule has 0 saturated carbocycles. The Hall–Kier alpha value is -1.39. The van der Waals surface area contributed by atoms with Gasteiger partial charge in [0.2, 0.25) is 5.91 Å². The number of hydrogen-bond donors (Lipinski definition) is 1. The second kappa shape index (κ2) is 7.66. The van der Waals surface area contributed by atoms with Gasteiger partial charge >= 0.3 is 0 Å². The number of likely N-dealkylation sites (tertiary alicyclic amines) is 2. The zero-order valence-electron chi connectivity index (χ0n) is 15.2. The molecule has 1 atom stereocenters. The number of amides is 1. The van der Waals surface area contributed by atoms with Gasteiger partial charge in [-0.25, -0.2) is 0 Å². The molecule has 0 aromatic heterocycles. The van der Waals surface area contributed by atoms with Crippen LogP contribution in [0.3, 0.4) is 0 Å². The molecule has 0 aliphatic carbocycles. The van der Waals surface area contributed by atoms with E-state index in [1.165, 1.54) is 43.5 Å². The molecule has 0 radical (unpaired) electrons. The van der Waals surface area contributed by atoms with Crippen LogP contribution in [-0.2, 0) is 11.3 Å². The number of rotatable bonds is 5. The molecular weight excluding hydrogens is 298 g/mol. The molecule has 1 amide bonds. The molecule has 2 aliphatic rings. The zero-order valence-corrected chi connectivity index (χ0v) is 15.2. The van der Waals surface area contributed by atoms with Gasteiger partial charge in [-0.05, 0) is 57.2 Å². The summed E-state index contributed by atoms with van der Waals surface area (Å²) in [6.45, 7) is 11.0. The van der Waals surface area contributed by atoms with Crippen molar-refractivity contribution >= 4 is 5.91 Å². The van der Waals surface area contributed by atoms with Gasteiger partial charge in [-0.2, -0.15) is 0 Å². The highest BCUT2D eigenvalue weighted by Crippen LogP contribution is 2.39. The molecule has 0 bridgehead atoms. The second-order valence-electron chi connectivity index (χ2n) is 7.72. The van der Waals surface area contributed by atoms with Crippen molar-refractivity contribution in [2.24, 2.45) is 5.41 Å². The summed E-state index contributed by atoms with van der Waals surface area (Å²) in [5, 5.41) is 2.92. The Kier molecular flexibility index (Phi) is 5.57. The largest absolute Gasteiger partial charge is 0.355 e. The lowest BCUT2D eigenvalue weighted by atomic mass is 9.79. The van der Waals surface area contributed by atoms with Crippen molar-refractivity contribution in [2.45, 2.75) is 39.7 Å². The molecule has 0 unspecified atom stereocenters. The lowest BCUT2D eigenvalue weighted by Gasteiger charge is -2.40. The number of hydrogen-bond acceptors (Lipinski definition) is 3. The van der Waals surface area contributed by atoms with Crippen LogP contribution in [0.25, 0.3) is 0 Å². The van der Waals surface area contributed by atoms with Crippen molar-refractivity contribution in [1.82, 2.24) is 15.1 Å². The molecule has 1 aromatic carbocycles. The van der Waals surface area contributed by atoms with Crippen LogP contribution in [-0.4, -0.2) is 55.0 Å². The maximum absolute atomic E-state index is 11.8. The Morgan fingerprint density at radius 2 is 2.04 bits per heavy atom. The van der Waals surface area contributed by atoms with Gasteiger partial charge in [0.25, 0.3) is 0 Å². The molecule has 24 heavy (non-hydrogen) atoms. The summed E-state index contributed by atoms with van der Waals surface area (Å²) in [4.78, 5) is 16.8. The molecular formula is C20H31N3O. The van der Waals surface area contributed by atoms with Gasteiger partial charge < -0.3 is 5.32 Å². The highest BCUT2D eigenvalue weighted by Gasteiger charge is 2.41. The van der Waals surface area contributed by atoms with E-state index in [-0.39, 0.29) is 5.91 Å². The number of benzene rings is 1. The Balaban J connectivity index is 1.56. The summed E-state index contributed by atoms with van der Waals surface area (Å²) in [5.74, 6) is 0.168. The summed E-state index contributed by atoms with van der Waals surface area (Å²) in [5.41, 5.74) is 3.16. The minimum absolute atomic E-state index is 0.168. The monoisotopic (exact) mass is 329 g/mol. The molecule has 1 aromatic rings. The number of aryl methyl sites for hydroxylation is 1. The highest BCUT2D eigenvalue weighted by atomic mass is 16.2. The number of carbonyl (C=O) groups is 1. The fourth-order valence-corrected chi connectivity index (χ4v) is 4.47. The Bertz CT molecular complexity index is 574. The molecule has 4 heteroatoms. The van der Waals surface area contributed by atoms with Gasteiger partial charge in [0.15, 0.2) is 0 Å². The van der Waals surface area contributed by atoms with Crippen LogP contribution in [0.4, 0.5) is 0 Å². The number of likely N-dealkylation sites (N-methyl/N-ethyl adjacent to an activating group) is 1. The van der Waals surface area contributed by atoms with E-state index < -0.39 is 0 Å². The molecule has 2 aliphatic heterocycles. The fraction of sp³-hybridized carbons (Fsp3) is 0.650. The van der Waals surface area contributed by atoms with Crippen LogP contribution in [0.2, 0.25) is 0 Å². The summed E-state index contributed by atoms with van der Waals surface area (Å²) in [7, 11) is 0. The Labute approximate surface area is 146 Å². The average Bonchev–Trinajstić information content (AvgIpc) is 2.89. The van der Waals surface area contributed by atoms with Gasteiger partial charge in [0.05, 0.1) is 6.54 Å². The van der Waals surface area contributed by atoms with E-state index in [0.717, 1.165) is 26.2 Å². The van der Waals surface area contributed by atoms with Crippen LogP contribution >= 0.6 is 0 Å². The standard InChI is InChI=1S/C20H31N3O/c1-3-21-19(24)14-23-11-9-20(16-23)8-5-10-22(15-20)13-18-7-4-6-17(2)12-18/h4,6-7,12H,3,5,8-11,13-16H2,1-2H3,(H,21,24)/t20-/m0/s1. The van der Waals surface area contributed by atoms with Gasteiger partial charge in [-0.15, -0.1) is 0 Å². The minimum atomic E-state index is 0.168. The van der Waals surface area contributed by atoms with Crippen molar-refractivity contribution in [3.63, 3.8) is 0 Å². The third-order valence-corrected chi connectivity index (χ3v) is 5.49. The SMILES string of the molecule is CCNC(=O)CN1CC[C@]2(CCCN(Cc3cccc(C)c3)C2)C1. The third-order valence-electron chi connectivity index (χ3n) is 5.49. The summed E-state index contributed by atoms with van der Waals surface area (Å²) in [6.07, 6.45) is 3.82. The number of nitrogens with zero attached hydrogens (tertiary/aromatic N) is 2. The first kappa shape index (κ1) is 17.4. The van der Waals surface area contributed by atoms with Crippen LogP contribution < -0.4 is 5.32 Å². The first-order valence-electron chi connectivity index (χ1n) is 9.35. The molecule has 4 nitrogen and oxygen atoms in total. The van der Waals surface area contributed by atoms with Crippen LogP contribution in [0, 0.1) is 12.3 Å². The van der Waals surface area contributed by atoms with Crippen molar-refractivity contribution in [3.05, 3.63) is 35.4 Å². The van der Waals surface area contributed by atoms with Gasteiger partial charge in [0.1, 0.15) is 0 Å². The van der Waals surface area contributed by atoms with Crippen LogP contribution in [0.5, 0.6) is 0 Å². The average molecular weight is 329 g/mol. The first-order chi connectivity index (χ1) is 11.6. The lowest BCUT2D eigenvalue weighted by molar-refractivity contribution is -0.122. The Morgan fingerprint density at radius 1 is 1.21 bits per heavy atom. The zero-order chi connectivity index (χ0) is 17.0. The van der Waals surface area contributed by atoms with Crippen LogP contribution in [0.1, 0.15) is 37.3 Å². The van der Waals surface area contributed by atoms with E-state index in [1.807, 2.05) is 6.92 Å². The molecule has 3 rings (SSSR count). The summed E-state index contributed by atoms with van der Waals surface area (Å²) >= 11 is 0. The van der Waals surface area contributed by atoms with E-state index in [1.54, 1.807) is 0 Å². The predicted molar refractivity (Wildman–Crippen MR) is 97.9 cm³/mol. The molecule has 1 spiro atoms. The molecule has 2 fully saturated rings. The minimum Gasteiger partial charge on any atom is -0.355 e. The molecule has 1 N–H and O–H groups in total.